The van der Waals surface area contributed by atoms with Crippen LogP contribution in [0.2, 0.25) is 0 Å². The number of halogens is 3. The molecule has 0 heterocycles. The molecule has 0 radical (unpaired) electrons. The monoisotopic (exact) mass is 277 g/mol. The summed E-state index contributed by atoms with van der Waals surface area (Å²) in [7, 11) is 0. The molecule has 1 aromatic rings. The summed E-state index contributed by atoms with van der Waals surface area (Å²) in [6.07, 6.45) is -4.83. The van der Waals surface area contributed by atoms with Crippen LogP contribution >= 0.6 is 0 Å². The van der Waals surface area contributed by atoms with E-state index in [1.54, 1.807) is 6.92 Å². The Morgan fingerprint density at radius 1 is 1.42 bits per heavy atom. The van der Waals surface area contributed by atoms with Crippen LogP contribution in [0.4, 0.5) is 18.9 Å². The number of benzene rings is 1. The Bertz CT molecular complexity index is 460. The first-order valence-corrected chi connectivity index (χ1v) is 5.62. The topological polar surface area (TPSA) is 69.6 Å². The molecule has 0 amide bonds. The van der Waals surface area contributed by atoms with Crippen LogP contribution in [0.1, 0.15) is 29.3 Å². The van der Waals surface area contributed by atoms with Gasteiger partial charge in [0.25, 0.3) is 0 Å². The van der Waals surface area contributed by atoms with Gasteiger partial charge in [0.1, 0.15) is 0 Å². The van der Waals surface area contributed by atoms with Gasteiger partial charge < -0.3 is 15.5 Å². The largest absolute Gasteiger partial charge is 0.478 e. The fourth-order valence-electron chi connectivity index (χ4n) is 1.42. The van der Waals surface area contributed by atoms with Gasteiger partial charge in [-0.25, -0.2) is 4.79 Å². The maximum absolute atomic E-state index is 12.5. The number of carboxylic acids is 1. The first kappa shape index (κ1) is 15.3. The van der Waals surface area contributed by atoms with Gasteiger partial charge >= 0.3 is 12.1 Å². The lowest BCUT2D eigenvalue weighted by molar-refractivity contribution is -0.137. The van der Waals surface area contributed by atoms with E-state index in [-0.39, 0.29) is 12.2 Å². The van der Waals surface area contributed by atoms with Gasteiger partial charge in [-0.1, -0.05) is 6.92 Å². The van der Waals surface area contributed by atoms with Crippen molar-refractivity contribution >= 4 is 11.7 Å². The van der Waals surface area contributed by atoms with Crippen molar-refractivity contribution in [2.24, 2.45) is 0 Å². The van der Waals surface area contributed by atoms with Crippen LogP contribution < -0.4 is 5.32 Å². The number of hydrogen-bond donors (Lipinski definition) is 3. The van der Waals surface area contributed by atoms with Crippen molar-refractivity contribution in [3.8, 4) is 0 Å². The highest BCUT2D eigenvalue weighted by molar-refractivity contribution is 5.94. The fraction of sp³-hybridized carbons (Fsp3) is 0.417. The van der Waals surface area contributed by atoms with Gasteiger partial charge in [-0.05, 0) is 24.6 Å². The number of carbonyl (C=O) groups is 1. The van der Waals surface area contributed by atoms with Gasteiger partial charge in [-0.2, -0.15) is 13.2 Å². The third-order valence-electron chi connectivity index (χ3n) is 2.58. The predicted octanol–water partition coefficient (Wildman–Crippen LogP) is 2.59. The maximum atomic E-state index is 12.5. The lowest BCUT2D eigenvalue weighted by Crippen LogP contribution is -2.20. The molecule has 4 nitrogen and oxygen atoms in total. The number of alkyl halides is 3. The normalized spacial score (nSPS) is 13.1. The van der Waals surface area contributed by atoms with E-state index in [9.17, 15) is 23.1 Å². The molecule has 0 saturated heterocycles. The number of rotatable bonds is 5. The molecule has 0 fully saturated rings. The van der Waals surface area contributed by atoms with E-state index in [0.717, 1.165) is 12.1 Å². The SMILES string of the molecule is CCC(O)CNc1ccc(C(F)(F)F)cc1C(=O)O. The van der Waals surface area contributed by atoms with E-state index < -0.39 is 29.4 Å². The minimum Gasteiger partial charge on any atom is -0.478 e. The standard InChI is InChI=1S/C12H14F3NO3/c1-2-8(17)6-16-10-4-3-7(12(13,14)15)5-9(10)11(18)19/h3-5,8,16-17H,2,6H2,1H3,(H,18,19). The van der Waals surface area contributed by atoms with E-state index in [0.29, 0.717) is 12.5 Å². The third kappa shape index (κ3) is 4.13. The molecule has 3 N–H and O–H groups in total. The first-order chi connectivity index (χ1) is 8.75. The van der Waals surface area contributed by atoms with Crippen molar-refractivity contribution in [1.29, 1.82) is 0 Å². The summed E-state index contributed by atoms with van der Waals surface area (Å²) in [4.78, 5) is 10.9. The quantitative estimate of drug-likeness (QED) is 0.773. The molecular formula is C12H14F3NO3. The van der Waals surface area contributed by atoms with Crippen molar-refractivity contribution in [2.75, 3.05) is 11.9 Å². The molecule has 0 aliphatic rings. The summed E-state index contributed by atoms with van der Waals surface area (Å²) in [5, 5.41) is 20.9. The molecular weight excluding hydrogens is 263 g/mol. The van der Waals surface area contributed by atoms with Gasteiger partial charge in [-0.3, -0.25) is 0 Å². The van der Waals surface area contributed by atoms with E-state index in [2.05, 4.69) is 5.32 Å². The Morgan fingerprint density at radius 3 is 2.53 bits per heavy atom. The fourth-order valence-corrected chi connectivity index (χ4v) is 1.42. The molecule has 0 saturated carbocycles. The van der Waals surface area contributed by atoms with Crippen LogP contribution in [0.5, 0.6) is 0 Å². The second kappa shape index (κ2) is 5.92. The summed E-state index contributed by atoms with van der Waals surface area (Å²) in [5.41, 5.74) is -1.45. The first-order valence-electron chi connectivity index (χ1n) is 5.62. The summed E-state index contributed by atoms with van der Waals surface area (Å²) >= 11 is 0. The molecule has 19 heavy (non-hydrogen) atoms. The van der Waals surface area contributed by atoms with Gasteiger partial charge in [0.2, 0.25) is 0 Å². The highest BCUT2D eigenvalue weighted by atomic mass is 19.4. The molecule has 1 atom stereocenters. The molecule has 1 unspecified atom stereocenters. The van der Waals surface area contributed by atoms with Crippen LogP contribution in [0.15, 0.2) is 18.2 Å². The molecule has 0 aromatic heterocycles. The van der Waals surface area contributed by atoms with Crippen molar-refractivity contribution in [3.63, 3.8) is 0 Å². The van der Waals surface area contributed by atoms with Crippen LogP contribution in [0.25, 0.3) is 0 Å². The second-order valence-electron chi connectivity index (χ2n) is 4.01. The molecule has 0 aliphatic carbocycles. The Labute approximate surface area is 107 Å². The zero-order valence-electron chi connectivity index (χ0n) is 10.2. The van der Waals surface area contributed by atoms with Crippen LogP contribution in [-0.2, 0) is 6.18 Å². The number of carboxylic acid groups (broad SMARTS) is 1. The summed E-state index contributed by atoms with van der Waals surface area (Å²) < 4.78 is 37.4. The molecule has 1 rings (SSSR count). The third-order valence-corrected chi connectivity index (χ3v) is 2.58. The van der Waals surface area contributed by atoms with Crippen LogP contribution in [-0.4, -0.2) is 28.8 Å². The lowest BCUT2D eigenvalue weighted by Gasteiger charge is -2.14. The Hall–Kier alpha value is -1.76. The number of aromatic carboxylic acids is 1. The lowest BCUT2D eigenvalue weighted by atomic mass is 10.1. The number of aliphatic hydroxyl groups is 1. The molecule has 0 aliphatic heterocycles. The summed E-state index contributed by atoms with van der Waals surface area (Å²) in [5.74, 6) is -1.46. The molecule has 0 spiro atoms. The minimum absolute atomic E-state index is 0.0491. The van der Waals surface area contributed by atoms with Crippen LogP contribution in [0, 0.1) is 0 Å². The predicted molar refractivity (Wildman–Crippen MR) is 63.2 cm³/mol. The number of aliphatic hydroxyl groups excluding tert-OH is 1. The van der Waals surface area contributed by atoms with E-state index in [4.69, 9.17) is 5.11 Å². The Balaban J connectivity index is 3.02. The average molecular weight is 277 g/mol. The maximum Gasteiger partial charge on any atom is 0.416 e. The van der Waals surface area contributed by atoms with Crippen molar-refractivity contribution in [3.05, 3.63) is 29.3 Å². The van der Waals surface area contributed by atoms with Gasteiger partial charge in [0.05, 0.1) is 17.2 Å². The van der Waals surface area contributed by atoms with Crippen molar-refractivity contribution in [1.82, 2.24) is 0 Å². The zero-order chi connectivity index (χ0) is 14.6. The smallest absolute Gasteiger partial charge is 0.416 e. The van der Waals surface area contributed by atoms with Gasteiger partial charge in [0.15, 0.2) is 0 Å². The highest BCUT2D eigenvalue weighted by Gasteiger charge is 2.31. The number of anilines is 1. The van der Waals surface area contributed by atoms with E-state index in [1.165, 1.54) is 0 Å². The molecule has 0 bridgehead atoms. The number of nitrogens with one attached hydrogen (secondary N) is 1. The zero-order valence-corrected chi connectivity index (χ0v) is 10.2. The minimum atomic E-state index is -4.59. The second-order valence-corrected chi connectivity index (χ2v) is 4.01. The van der Waals surface area contributed by atoms with Crippen LogP contribution in [0.3, 0.4) is 0 Å². The van der Waals surface area contributed by atoms with Gasteiger partial charge in [-0.15, -0.1) is 0 Å². The van der Waals surface area contributed by atoms with Crippen molar-refractivity contribution in [2.45, 2.75) is 25.6 Å². The average Bonchev–Trinajstić information content (AvgIpc) is 2.34. The Kier molecular flexibility index (Phi) is 4.77. The van der Waals surface area contributed by atoms with E-state index >= 15 is 0 Å². The molecule has 7 heteroatoms. The summed E-state index contributed by atoms with van der Waals surface area (Å²) in [6, 6.07) is 2.42. The molecule has 1 aromatic carbocycles. The highest BCUT2D eigenvalue weighted by Crippen LogP contribution is 2.31. The number of hydrogen-bond acceptors (Lipinski definition) is 3. The summed E-state index contributed by atoms with van der Waals surface area (Å²) in [6.45, 7) is 1.80. The molecule has 106 valence electrons. The van der Waals surface area contributed by atoms with E-state index in [1.807, 2.05) is 0 Å². The van der Waals surface area contributed by atoms with Crippen molar-refractivity contribution < 1.29 is 28.2 Å². The Morgan fingerprint density at radius 2 is 2.05 bits per heavy atom. The van der Waals surface area contributed by atoms with Gasteiger partial charge in [0, 0.05) is 12.2 Å².